The van der Waals surface area contributed by atoms with Crippen molar-refractivity contribution >= 4 is 33.2 Å². The first-order valence-electron chi connectivity index (χ1n) is 5.20. The van der Waals surface area contributed by atoms with Crippen molar-refractivity contribution < 1.29 is 9.34 Å². The lowest BCUT2D eigenvalue weighted by atomic mass is 10.2. The van der Waals surface area contributed by atoms with Crippen LogP contribution >= 0.6 is 27.3 Å². The molecule has 2 aromatic rings. The summed E-state index contributed by atoms with van der Waals surface area (Å²) < 4.78 is 6.22. The zero-order chi connectivity index (χ0) is 13.3. The highest BCUT2D eigenvalue weighted by atomic mass is 79.9. The molecule has 0 saturated heterocycles. The molecule has 0 aliphatic rings. The van der Waals surface area contributed by atoms with Crippen molar-refractivity contribution in [3.8, 4) is 0 Å². The van der Waals surface area contributed by atoms with Crippen LogP contribution in [-0.4, -0.2) is 12.0 Å². The van der Waals surface area contributed by atoms with Crippen LogP contribution in [0.4, 0.5) is 5.88 Å². The molecule has 0 fully saturated rings. The van der Waals surface area contributed by atoms with E-state index in [1.165, 1.54) is 6.07 Å². The Hall–Kier alpha value is -1.18. The maximum atomic E-state index is 10.6. The largest absolute Gasteiger partial charge is 0.433 e. The molecule has 1 N–H and O–H groups in total. The fourth-order valence-corrected chi connectivity index (χ4v) is 3.69. The molecule has 0 aromatic carbocycles. The number of halogens is 1. The predicted molar refractivity (Wildman–Crippen MR) is 73.0 cm³/mol. The summed E-state index contributed by atoms with van der Waals surface area (Å²) in [5.74, 6) is 0.293. The molecule has 2 aromatic heterocycles. The van der Waals surface area contributed by atoms with Crippen LogP contribution in [0.5, 0.6) is 0 Å². The van der Waals surface area contributed by atoms with E-state index in [9.17, 15) is 10.1 Å². The van der Waals surface area contributed by atoms with Crippen molar-refractivity contribution in [2.75, 3.05) is 7.05 Å². The monoisotopic (exact) mass is 330 g/mol. The minimum absolute atomic E-state index is 0.188. The Bertz CT molecular complexity index is 579. The van der Waals surface area contributed by atoms with E-state index in [2.05, 4.69) is 21.2 Å². The van der Waals surface area contributed by atoms with Crippen molar-refractivity contribution in [1.29, 1.82) is 0 Å². The molecule has 0 radical (unpaired) electrons. The molecule has 0 aliphatic carbocycles. The molecule has 2 rings (SSSR count). The summed E-state index contributed by atoms with van der Waals surface area (Å²) in [7, 11) is 1.79. The van der Waals surface area contributed by atoms with E-state index in [0.29, 0.717) is 5.76 Å². The summed E-state index contributed by atoms with van der Waals surface area (Å²) in [6, 6.07) is 4.82. The normalized spacial score (nSPS) is 12.6. The minimum Gasteiger partial charge on any atom is -0.404 e. The molecular formula is C11H11BrN2O3S. The highest BCUT2D eigenvalue weighted by Gasteiger charge is 2.23. The van der Waals surface area contributed by atoms with Gasteiger partial charge >= 0.3 is 5.88 Å². The number of hydrogen-bond donors (Lipinski definition) is 1. The second-order valence-electron chi connectivity index (χ2n) is 3.72. The van der Waals surface area contributed by atoms with Gasteiger partial charge in [-0.15, -0.1) is 11.3 Å². The Morgan fingerprint density at radius 1 is 1.56 bits per heavy atom. The fourth-order valence-electron chi connectivity index (χ4n) is 1.70. The van der Waals surface area contributed by atoms with Gasteiger partial charge in [-0.3, -0.25) is 10.1 Å². The summed E-state index contributed by atoms with van der Waals surface area (Å²) >= 11 is 5.11. The molecule has 1 atom stereocenters. The average Bonchev–Trinajstić information content (AvgIpc) is 2.88. The molecule has 0 saturated carbocycles. The van der Waals surface area contributed by atoms with Crippen molar-refractivity contribution in [2.45, 2.75) is 13.0 Å². The zero-order valence-electron chi connectivity index (χ0n) is 9.77. The van der Waals surface area contributed by atoms with Crippen LogP contribution in [0.3, 0.4) is 0 Å². The van der Waals surface area contributed by atoms with Crippen LogP contribution in [0.2, 0.25) is 0 Å². The highest BCUT2D eigenvalue weighted by Crippen LogP contribution is 2.36. The predicted octanol–water partition coefficient (Wildman–Crippen LogP) is 3.63. The molecule has 2 heterocycles. The van der Waals surface area contributed by atoms with E-state index in [1.54, 1.807) is 24.5 Å². The molecule has 96 valence electrons. The highest BCUT2D eigenvalue weighted by molar-refractivity contribution is 9.10. The van der Waals surface area contributed by atoms with Crippen molar-refractivity contribution in [3.05, 3.63) is 48.3 Å². The average molecular weight is 331 g/mol. The Labute approximate surface area is 116 Å². The van der Waals surface area contributed by atoms with E-state index in [1.807, 2.05) is 13.0 Å². The Balaban J connectivity index is 2.38. The molecule has 1 unspecified atom stereocenters. The third kappa shape index (κ3) is 2.47. The van der Waals surface area contributed by atoms with Crippen LogP contribution in [0.25, 0.3) is 0 Å². The Morgan fingerprint density at radius 2 is 2.28 bits per heavy atom. The maximum absolute atomic E-state index is 10.6. The Morgan fingerprint density at radius 3 is 2.72 bits per heavy atom. The first-order valence-corrected chi connectivity index (χ1v) is 6.81. The lowest BCUT2D eigenvalue weighted by Gasteiger charge is -2.11. The van der Waals surface area contributed by atoms with Gasteiger partial charge in [-0.2, -0.15) is 0 Å². The lowest BCUT2D eigenvalue weighted by Crippen LogP contribution is -2.16. The lowest BCUT2D eigenvalue weighted by molar-refractivity contribution is -0.402. The van der Waals surface area contributed by atoms with Crippen molar-refractivity contribution in [3.63, 3.8) is 0 Å². The number of nitro groups is 1. The van der Waals surface area contributed by atoms with Gasteiger partial charge in [0.25, 0.3) is 0 Å². The number of hydrogen-bond acceptors (Lipinski definition) is 5. The molecule has 0 bridgehead atoms. The van der Waals surface area contributed by atoms with Gasteiger partial charge in [-0.05, 0) is 42.0 Å². The van der Waals surface area contributed by atoms with Crippen molar-refractivity contribution in [2.24, 2.45) is 0 Å². The SMILES string of the molecule is CNC(c1ccc([N+](=O)[O-])o1)c1sc(C)cc1Br. The summed E-state index contributed by atoms with van der Waals surface area (Å²) in [6.07, 6.45) is 0. The van der Waals surface area contributed by atoms with Crippen LogP contribution < -0.4 is 5.32 Å². The van der Waals surface area contributed by atoms with E-state index in [4.69, 9.17) is 4.42 Å². The first kappa shape index (κ1) is 13.3. The van der Waals surface area contributed by atoms with Gasteiger partial charge in [0.05, 0.1) is 6.07 Å². The zero-order valence-corrected chi connectivity index (χ0v) is 12.2. The van der Waals surface area contributed by atoms with Crippen LogP contribution in [-0.2, 0) is 0 Å². The number of thiophene rings is 1. The third-order valence-corrected chi connectivity index (χ3v) is 4.50. The number of nitrogens with zero attached hydrogens (tertiary/aromatic N) is 1. The summed E-state index contributed by atoms with van der Waals surface area (Å²) in [6.45, 7) is 2.01. The Kier molecular flexibility index (Phi) is 3.84. The molecule has 0 amide bonds. The van der Waals surface area contributed by atoms with Crippen LogP contribution in [0.1, 0.15) is 21.6 Å². The van der Waals surface area contributed by atoms with Crippen LogP contribution in [0.15, 0.2) is 27.1 Å². The van der Waals surface area contributed by atoms with Gasteiger partial charge in [-0.25, -0.2) is 0 Å². The van der Waals surface area contributed by atoms with Gasteiger partial charge in [0.1, 0.15) is 16.7 Å². The number of rotatable bonds is 4. The second kappa shape index (κ2) is 5.21. The second-order valence-corrected chi connectivity index (χ2v) is 5.87. The fraction of sp³-hybridized carbons (Fsp3) is 0.273. The quantitative estimate of drug-likeness (QED) is 0.686. The first-order chi connectivity index (χ1) is 8.52. The third-order valence-electron chi connectivity index (χ3n) is 2.46. The molecule has 5 nitrogen and oxygen atoms in total. The van der Waals surface area contributed by atoms with Gasteiger partial charge < -0.3 is 9.73 Å². The van der Waals surface area contributed by atoms with Crippen molar-refractivity contribution in [1.82, 2.24) is 5.32 Å². The smallest absolute Gasteiger partial charge is 0.404 e. The van der Waals surface area contributed by atoms with Gasteiger partial charge in [0.15, 0.2) is 0 Å². The minimum atomic E-state index is -0.537. The maximum Gasteiger partial charge on any atom is 0.433 e. The van der Waals surface area contributed by atoms with Gasteiger partial charge in [-0.1, -0.05) is 0 Å². The standard InChI is InChI=1S/C11H11BrN2O3S/c1-6-5-7(12)11(18-6)10(13-2)8-3-4-9(17-8)14(15)16/h3-5,10,13H,1-2H3. The van der Waals surface area contributed by atoms with Gasteiger partial charge in [0.2, 0.25) is 0 Å². The van der Waals surface area contributed by atoms with Gasteiger partial charge in [0, 0.05) is 14.2 Å². The van der Waals surface area contributed by atoms with E-state index >= 15 is 0 Å². The molecular weight excluding hydrogens is 320 g/mol. The topological polar surface area (TPSA) is 68.3 Å². The number of nitrogens with one attached hydrogen (secondary N) is 1. The molecule has 0 spiro atoms. The summed E-state index contributed by atoms with van der Waals surface area (Å²) in [5.41, 5.74) is 0. The number of furan rings is 1. The van der Waals surface area contributed by atoms with Crippen LogP contribution in [0, 0.1) is 17.0 Å². The summed E-state index contributed by atoms with van der Waals surface area (Å²) in [4.78, 5) is 12.3. The molecule has 18 heavy (non-hydrogen) atoms. The van der Waals surface area contributed by atoms with E-state index in [-0.39, 0.29) is 11.9 Å². The van der Waals surface area contributed by atoms with E-state index in [0.717, 1.165) is 14.2 Å². The van der Waals surface area contributed by atoms with E-state index < -0.39 is 4.92 Å². The summed E-state index contributed by atoms with van der Waals surface area (Å²) in [5, 5.41) is 13.7. The molecule has 7 heteroatoms. The molecule has 0 aliphatic heterocycles. The number of aryl methyl sites for hydroxylation is 1.